The first kappa shape index (κ1) is 21.7. The van der Waals surface area contributed by atoms with Crippen LogP contribution in [-0.2, 0) is 14.3 Å². The Labute approximate surface area is 194 Å². The van der Waals surface area contributed by atoms with Crippen LogP contribution in [0.5, 0.6) is 0 Å². The fourth-order valence-corrected chi connectivity index (χ4v) is 4.92. The average Bonchev–Trinajstić information content (AvgIpc) is 3.27. The smallest absolute Gasteiger partial charge is 0.309 e. The molecule has 1 aromatic carbocycles. The molecule has 3 N–H and O–H groups in total. The molecule has 3 aromatic rings. The van der Waals surface area contributed by atoms with E-state index in [-0.39, 0.29) is 23.3 Å². The molecule has 2 atom stereocenters. The van der Waals surface area contributed by atoms with Gasteiger partial charge < -0.3 is 19.9 Å². The van der Waals surface area contributed by atoms with Crippen molar-refractivity contribution in [3.63, 3.8) is 0 Å². The van der Waals surface area contributed by atoms with Gasteiger partial charge in [0.1, 0.15) is 11.7 Å². The van der Waals surface area contributed by atoms with Gasteiger partial charge in [-0.05, 0) is 31.4 Å². The lowest BCUT2D eigenvalue weighted by molar-refractivity contribution is -0.148. The van der Waals surface area contributed by atoms with E-state index in [0.717, 1.165) is 10.9 Å². The fourth-order valence-electron chi connectivity index (χ4n) is 4.92. The monoisotopic (exact) mass is 460 g/mol. The van der Waals surface area contributed by atoms with Crippen molar-refractivity contribution in [1.29, 1.82) is 5.26 Å². The summed E-state index contributed by atoms with van der Waals surface area (Å²) in [6, 6.07) is 9.62. The number of nitrogens with one attached hydrogen (secondary N) is 3. The van der Waals surface area contributed by atoms with Crippen molar-refractivity contribution < 1.29 is 14.3 Å². The second kappa shape index (κ2) is 8.67. The van der Waals surface area contributed by atoms with Crippen LogP contribution in [0.3, 0.4) is 0 Å². The van der Waals surface area contributed by atoms with Crippen LogP contribution in [0.15, 0.2) is 35.3 Å². The Morgan fingerprint density at radius 1 is 1.26 bits per heavy atom. The van der Waals surface area contributed by atoms with Gasteiger partial charge in [0.05, 0.1) is 24.2 Å². The van der Waals surface area contributed by atoms with Crippen LogP contribution < -0.4 is 15.8 Å². The zero-order chi connectivity index (χ0) is 23.8. The van der Waals surface area contributed by atoms with Crippen LogP contribution in [-0.4, -0.2) is 46.5 Å². The van der Waals surface area contributed by atoms with Gasteiger partial charge in [0.15, 0.2) is 0 Å². The molecule has 0 aliphatic carbocycles. The van der Waals surface area contributed by atoms with Crippen molar-refractivity contribution in [3.05, 3.63) is 51.9 Å². The molecule has 2 unspecified atom stereocenters. The van der Waals surface area contributed by atoms with Crippen LogP contribution in [0.1, 0.15) is 36.8 Å². The van der Waals surface area contributed by atoms with Gasteiger partial charge in [0.25, 0.3) is 5.56 Å². The molecule has 0 saturated carbocycles. The lowest BCUT2D eigenvalue weighted by Gasteiger charge is -2.33. The number of carbonyl (C=O) groups excluding carboxylic acids is 2. The second-order valence-electron chi connectivity index (χ2n) is 8.53. The van der Waals surface area contributed by atoms with Crippen LogP contribution in [0.4, 0.5) is 11.8 Å². The number of aromatic amines is 2. The van der Waals surface area contributed by atoms with E-state index in [1.807, 2.05) is 29.2 Å². The van der Waals surface area contributed by atoms with E-state index < -0.39 is 23.3 Å². The number of hydrogen-bond acceptors (Lipinski definition) is 7. The number of hydrogen-bond donors (Lipinski definition) is 3. The number of amides is 1. The van der Waals surface area contributed by atoms with Gasteiger partial charge >= 0.3 is 5.97 Å². The molecule has 1 fully saturated rings. The highest BCUT2D eigenvalue weighted by molar-refractivity contribution is 5.99. The van der Waals surface area contributed by atoms with Crippen molar-refractivity contribution in [2.45, 2.75) is 25.7 Å². The SMILES string of the molecule is CCOC(=O)C1CCN(c2nc3c(c(=O)[nH]2)C(c2c[nH]c4ccccc24)C(C#N)C(=O)N3)CC1. The predicted octanol–water partition coefficient (Wildman–Crippen LogP) is 2.25. The molecular formula is C24H24N6O4. The molecule has 2 aliphatic rings. The number of H-pyrrole nitrogens is 2. The zero-order valence-corrected chi connectivity index (χ0v) is 18.6. The van der Waals surface area contributed by atoms with E-state index in [1.54, 1.807) is 13.1 Å². The average molecular weight is 460 g/mol. The molecule has 10 nitrogen and oxygen atoms in total. The summed E-state index contributed by atoms with van der Waals surface area (Å²) in [5.74, 6) is -2.20. The van der Waals surface area contributed by atoms with Gasteiger partial charge in [0.2, 0.25) is 11.9 Å². The normalized spacial score (nSPS) is 20.5. The summed E-state index contributed by atoms with van der Waals surface area (Å²) in [4.78, 5) is 50.7. The third kappa shape index (κ3) is 3.59. The predicted molar refractivity (Wildman–Crippen MR) is 124 cm³/mol. The minimum atomic E-state index is -1.07. The van der Waals surface area contributed by atoms with E-state index >= 15 is 0 Å². The maximum Gasteiger partial charge on any atom is 0.309 e. The summed E-state index contributed by atoms with van der Waals surface area (Å²) < 4.78 is 5.12. The summed E-state index contributed by atoms with van der Waals surface area (Å²) in [6.07, 6.45) is 2.91. The molecule has 174 valence electrons. The second-order valence-corrected chi connectivity index (χ2v) is 8.53. The molecule has 0 spiro atoms. The van der Waals surface area contributed by atoms with Crippen molar-refractivity contribution in [1.82, 2.24) is 15.0 Å². The van der Waals surface area contributed by atoms with Crippen LogP contribution >= 0.6 is 0 Å². The molecule has 2 aromatic heterocycles. The lowest BCUT2D eigenvalue weighted by Crippen LogP contribution is -2.41. The quantitative estimate of drug-likeness (QED) is 0.507. The number of nitrogens with zero attached hydrogens (tertiary/aromatic N) is 3. The highest BCUT2D eigenvalue weighted by atomic mass is 16.5. The summed E-state index contributed by atoms with van der Waals surface area (Å²) in [5, 5.41) is 13.3. The van der Waals surface area contributed by atoms with Gasteiger partial charge in [-0.25, -0.2) is 0 Å². The molecule has 5 rings (SSSR count). The summed E-state index contributed by atoms with van der Waals surface area (Å²) in [6.45, 7) is 3.17. The zero-order valence-electron chi connectivity index (χ0n) is 18.6. The number of fused-ring (bicyclic) bond motifs is 2. The molecular weight excluding hydrogens is 436 g/mol. The van der Waals surface area contributed by atoms with Gasteiger partial charge in [-0.15, -0.1) is 0 Å². The van der Waals surface area contributed by atoms with Crippen molar-refractivity contribution in [3.8, 4) is 6.07 Å². The number of ether oxygens (including phenoxy) is 1. The standard InChI is InChI=1S/C24H24N6O4/c1-2-34-23(33)13-7-9-30(10-8-13)24-28-20-19(22(32)29-24)18(15(11-25)21(31)27-20)16-12-26-17-6-4-3-5-14(16)17/h3-6,12-13,15,18,26H,2,7-10H2,1H3,(H2,27,28,29,31,32). The summed E-state index contributed by atoms with van der Waals surface area (Å²) >= 11 is 0. The molecule has 0 radical (unpaired) electrons. The summed E-state index contributed by atoms with van der Waals surface area (Å²) in [7, 11) is 0. The van der Waals surface area contributed by atoms with Gasteiger partial charge in [-0.3, -0.25) is 19.4 Å². The number of aromatic nitrogens is 3. The first-order chi connectivity index (χ1) is 16.5. The van der Waals surface area contributed by atoms with Crippen LogP contribution in [0.2, 0.25) is 0 Å². The number of anilines is 2. The third-order valence-electron chi connectivity index (χ3n) is 6.62. The number of carbonyl (C=O) groups is 2. The first-order valence-electron chi connectivity index (χ1n) is 11.3. The van der Waals surface area contributed by atoms with Crippen molar-refractivity contribution in [2.75, 3.05) is 29.9 Å². The van der Waals surface area contributed by atoms with Gasteiger partial charge in [-0.2, -0.15) is 10.2 Å². The Kier molecular flexibility index (Phi) is 5.53. The Morgan fingerprint density at radius 3 is 2.76 bits per heavy atom. The maximum atomic E-state index is 13.3. The Morgan fingerprint density at radius 2 is 2.03 bits per heavy atom. The maximum absolute atomic E-state index is 13.3. The van der Waals surface area contributed by atoms with Crippen molar-refractivity contribution in [2.24, 2.45) is 11.8 Å². The number of para-hydroxylation sites is 1. The molecule has 34 heavy (non-hydrogen) atoms. The topological polar surface area (TPSA) is 144 Å². The fraction of sp³-hybridized carbons (Fsp3) is 0.375. The number of esters is 1. The summed E-state index contributed by atoms with van der Waals surface area (Å²) in [5.41, 5.74) is 1.42. The van der Waals surface area contributed by atoms with E-state index in [4.69, 9.17) is 4.74 Å². The van der Waals surface area contributed by atoms with Gasteiger partial charge in [-0.1, -0.05) is 18.2 Å². The molecule has 1 amide bonds. The third-order valence-corrected chi connectivity index (χ3v) is 6.62. The Hall–Kier alpha value is -4.13. The van der Waals surface area contributed by atoms with Gasteiger partial charge in [0, 0.05) is 36.1 Å². The Bertz CT molecular complexity index is 1360. The number of piperidine rings is 1. The van der Waals surface area contributed by atoms with E-state index in [0.29, 0.717) is 44.0 Å². The van der Waals surface area contributed by atoms with Crippen molar-refractivity contribution >= 4 is 34.5 Å². The molecule has 4 heterocycles. The van der Waals surface area contributed by atoms with E-state index in [2.05, 4.69) is 26.3 Å². The number of rotatable bonds is 4. The molecule has 2 aliphatic heterocycles. The highest BCUT2D eigenvalue weighted by Crippen LogP contribution is 2.41. The largest absolute Gasteiger partial charge is 0.466 e. The minimum Gasteiger partial charge on any atom is -0.466 e. The van der Waals surface area contributed by atoms with E-state index in [1.165, 1.54) is 0 Å². The minimum absolute atomic E-state index is 0.165. The lowest BCUT2D eigenvalue weighted by atomic mass is 9.79. The molecule has 0 bridgehead atoms. The molecule has 10 heteroatoms. The van der Waals surface area contributed by atoms with E-state index in [9.17, 15) is 19.6 Å². The number of benzene rings is 1. The first-order valence-corrected chi connectivity index (χ1v) is 11.3. The Balaban J connectivity index is 1.51. The highest BCUT2D eigenvalue weighted by Gasteiger charge is 2.41. The van der Waals surface area contributed by atoms with Crippen LogP contribution in [0, 0.1) is 23.2 Å². The van der Waals surface area contributed by atoms with Crippen LogP contribution in [0.25, 0.3) is 10.9 Å². The molecule has 1 saturated heterocycles. The number of nitriles is 1.